The molecular formula is C23H13NO6S. The summed E-state index contributed by atoms with van der Waals surface area (Å²) in [5.41, 5.74) is 1.10. The van der Waals surface area contributed by atoms with Gasteiger partial charge in [0.2, 0.25) is 0 Å². The summed E-state index contributed by atoms with van der Waals surface area (Å²) in [4.78, 5) is 39.8. The fourth-order valence-corrected chi connectivity index (χ4v) is 4.76. The van der Waals surface area contributed by atoms with Gasteiger partial charge in [-0.2, -0.15) is 0 Å². The molecule has 2 amide bonds. The Bertz CT molecular complexity index is 1510. The van der Waals surface area contributed by atoms with Crippen LogP contribution >= 0.6 is 0 Å². The molecule has 0 saturated heterocycles. The second kappa shape index (κ2) is 6.23. The summed E-state index contributed by atoms with van der Waals surface area (Å²) in [5, 5.41) is 11.6. The molecule has 1 aliphatic carbocycles. The molecule has 8 heteroatoms. The summed E-state index contributed by atoms with van der Waals surface area (Å²) >= 11 is 0. The normalized spacial score (nSPS) is 15.3. The van der Waals surface area contributed by atoms with Gasteiger partial charge in [0.15, 0.2) is 15.6 Å². The minimum absolute atomic E-state index is 0.0933. The van der Waals surface area contributed by atoms with Crippen LogP contribution in [0.15, 0.2) is 71.5 Å². The van der Waals surface area contributed by atoms with E-state index < -0.39 is 27.4 Å². The molecule has 1 N–H and O–H groups in total. The molecule has 0 aromatic heterocycles. The molecule has 3 aromatic rings. The highest BCUT2D eigenvalue weighted by Crippen LogP contribution is 2.40. The van der Waals surface area contributed by atoms with E-state index in [2.05, 4.69) is 6.58 Å². The van der Waals surface area contributed by atoms with Gasteiger partial charge in [-0.3, -0.25) is 14.4 Å². The first-order valence-corrected chi connectivity index (χ1v) is 10.7. The first-order valence-electron chi connectivity index (χ1n) is 9.16. The Hall–Kier alpha value is -4.04. The molecule has 1 heterocycles. The topological polar surface area (TPSA) is 109 Å². The van der Waals surface area contributed by atoms with E-state index in [-0.39, 0.29) is 27.5 Å². The van der Waals surface area contributed by atoms with Crippen LogP contribution in [0.2, 0.25) is 0 Å². The number of allylic oxidation sites excluding steroid dienone is 1. The monoisotopic (exact) mass is 431 g/mol. The van der Waals surface area contributed by atoms with E-state index in [4.69, 9.17) is 0 Å². The Balaban J connectivity index is 1.76. The maximum Gasteiger partial charge on any atom is 0.265 e. The van der Waals surface area contributed by atoms with Crippen LogP contribution in [0, 0.1) is 0 Å². The summed E-state index contributed by atoms with van der Waals surface area (Å²) in [6.07, 6.45) is 1.10. The van der Waals surface area contributed by atoms with E-state index in [0.29, 0.717) is 21.9 Å². The van der Waals surface area contributed by atoms with Gasteiger partial charge >= 0.3 is 0 Å². The lowest BCUT2D eigenvalue weighted by Gasteiger charge is -2.29. The molecule has 2 aliphatic rings. The van der Waals surface area contributed by atoms with Gasteiger partial charge in [0.05, 0.1) is 10.6 Å². The van der Waals surface area contributed by atoms with Crippen LogP contribution < -0.4 is 4.90 Å². The fraction of sp³-hybridized carbons (Fsp3) is 0. The molecule has 0 fully saturated rings. The first-order chi connectivity index (χ1) is 14.7. The van der Waals surface area contributed by atoms with Crippen molar-refractivity contribution >= 4 is 49.7 Å². The summed E-state index contributed by atoms with van der Waals surface area (Å²) < 4.78 is 24.3. The maximum absolute atomic E-state index is 13.3. The summed E-state index contributed by atoms with van der Waals surface area (Å²) in [6, 6.07) is 11.4. The van der Waals surface area contributed by atoms with Crippen LogP contribution in [0.3, 0.4) is 0 Å². The SMILES string of the molecule is C=CS(=O)(=O)c1cccc(N2C(=O)c3ccc4c5c(ccc(c35)C2=O)C(O)=CC4=O)c1. The number of nitrogens with zero attached hydrogens (tertiary/aromatic N) is 1. The fourth-order valence-electron chi connectivity index (χ4n) is 4.01. The zero-order chi connectivity index (χ0) is 22.1. The number of carbonyl (C=O) groups excluding carboxylic acids is 3. The van der Waals surface area contributed by atoms with Crippen LogP contribution in [-0.2, 0) is 9.84 Å². The molecule has 152 valence electrons. The van der Waals surface area contributed by atoms with E-state index in [1.807, 2.05) is 0 Å². The van der Waals surface area contributed by atoms with Crippen molar-refractivity contribution in [1.29, 1.82) is 0 Å². The predicted octanol–water partition coefficient (Wildman–Crippen LogP) is 3.65. The maximum atomic E-state index is 13.3. The van der Waals surface area contributed by atoms with Crippen molar-refractivity contribution in [3.8, 4) is 0 Å². The molecule has 1 aliphatic heterocycles. The van der Waals surface area contributed by atoms with Gasteiger partial charge < -0.3 is 5.11 Å². The number of carbonyl (C=O) groups is 3. The van der Waals surface area contributed by atoms with Crippen LogP contribution in [0.5, 0.6) is 0 Å². The Labute approximate surface area is 176 Å². The second-order valence-electron chi connectivity index (χ2n) is 7.12. The third-order valence-corrected chi connectivity index (χ3v) is 6.81. The molecule has 31 heavy (non-hydrogen) atoms. The number of anilines is 1. The quantitative estimate of drug-likeness (QED) is 0.634. The molecule has 7 nitrogen and oxygen atoms in total. The Morgan fingerprint density at radius 3 is 2.06 bits per heavy atom. The first kappa shape index (κ1) is 19.0. The van der Waals surface area contributed by atoms with Gasteiger partial charge in [-0.15, -0.1) is 0 Å². The Morgan fingerprint density at radius 1 is 0.839 bits per heavy atom. The van der Waals surface area contributed by atoms with Gasteiger partial charge in [0.25, 0.3) is 11.8 Å². The van der Waals surface area contributed by atoms with Gasteiger partial charge in [0, 0.05) is 44.5 Å². The number of hydrogen-bond donors (Lipinski definition) is 1. The average Bonchev–Trinajstić information content (AvgIpc) is 2.76. The van der Waals surface area contributed by atoms with E-state index in [0.717, 1.165) is 16.4 Å². The van der Waals surface area contributed by atoms with Crippen molar-refractivity contribution in [1.82, 2.24) is 0 Å². The Kier molecular flexibility index (Phi) is 3.81. The van der Waals surface area contributed by atoms with Gasteiger partial charge in [0.1, 0.15) is 5.76 Å². The molecule has 0 radical (unpaired) electrons. The van der Waals surface area contributed by atoms with Gasteiger partial charge in [-0.1, -0.05) is 12.6 Å². The number of sulfone groups is 1. The number of aliphatic hydroxyl groups is 1. The lowest BCUT2D eigenvalue weighted by atomic mass is 9.84. The zero-order valence-corrected chi connectivity index (χ0v) is 16.6. The number of ketones is 1. The summed E-state index contributed by atoms with van der Waals surface area (Å²) in [5.74, 6) is -1.96. The van der Waals surface area contributed by atoms with Crippen molar-refractivity contribution in [3.63, 3.8) is 0 Å². The third-order valence-electron chi connectivity index (χ3n) is 5.46. The van der Waals surface area contributed by atoms with Crippen LogP contribution in [0.4, 0.5) is 5.69 Å². The number of aliphatic hydroxyl groups excluding tert-OH is 1. The number of hydrogen-bond acceptors (Lipinski definition) is 6. The lowest BCUT2D eigenvalue weighted by Crippen LogP contribution is -2.40. The highest BCUT2D eigenvalue weighted by molar-refractivity contribution is 7.94. The Morgan fingerprint density at radius 2 is 1.42 bits per heavy atom. The van der Waals surface area contributed by atoms with Crippen molar-refractivity contribution in [2.75, 3.05) is 4.90 Å². The van der Waals surface area contributed by atoms with Crippen LogP contribution in [0.1, 0.15) is 36.6 Å². The van der Waals surface area contributed by atoms with Crippen molar-refractivity contribution < 1.29 is 27.9 Å². The van der Waals surface area contributed by atoms with E-state index in [1.54, 1.807) is 0 Å². The third kappa shape index (κ3) is 2.52. The highest BCUT2D eigenvalue weighted by atomic mass is 32.2. The van der Waals surface area contributed by atoms with Crippen molar-refractivity contribution in [2.24, 2.45) is 0 Å². The molecule has 0 atom stereocenters. The van der Waals surface area contributed by atoms with Crippen molar-refractivity contribution in [2.45, 2.75) is 4.90 Å². The number of imide groups is 1. The van der Waals surface area contributed by atoms with E-state index in [1.165, 1.54) is 48.5 Å². The highest BCUT2D eigenvalue weighted by Gasteiger charge is 2.37. The van der Waals surface area contributed by atoms with Gasteiger partial charge in [-0.05, 0) is 42.5 Å². The predicted molar refractivity (Wildman–Crippen MR) is 114 cm³/mol. The number of rotatable bonds is 3. The average molecular weight is 431 g/mol. The van der Waals surface area contributed by atoms with E-state index in [9.17, 15) is 27.9 Å². The van der Waals surface area contributed by atoms with Crippen LogP contribution in [-0.4, -0.2) is 31.1 Å². The standard InChI is InChI=1S/C23H13NO6S/c1-2-31(29,30)13-5-3-4-12(10-13)24-22(27)16-8-6-14-18(25)11-19(26)15-7-9-17(23(24)28)21(16)20(14)15/h2-11,25H,1H2. The van der Waals surface area contributed by atoms with Crippen molar-refractivity contribution in [3.05, 3.63) is 88.8 Å². The minimum atomic E-state index is -3.77. The lowest BCUT2D eigenvalue weighted by molar-refractivity contribution is 0.0892. The summed E-state index contributed by atoms with van der Waals surface area (Å²) in [7, 11) is -3.77. The largest absolute Gasteiger partial charge is 0.507 e. The van der Waals surface area contributed by atoms with E-state index >= 15 is 0 Å². The number of amides is 2. The zero-order valence-electron chi connectivity index (χ0n) is 15.8. The molecule has 0 bridgehead atoms. The second-order valence-corrected chi connectivity index (χ2v) is 9.01. The van der Waals surface area contributed by atoms with Gasteiger partial charge in [-0.25, -0.2) is 13.3 Å². The van der Waals surface area contributed by atoms with Crippen LogP contribution in [0.25, 0.3) is 16.5 Å². The molecule has 3 aromatic carbocycles. The molecule has 0 unspecified atom stereocenters. The molecular weight excluding hydrogens is 418 g/mol. The number of benzene rings is 3. The molecule has 0 saturated carbocycles. The minimum Gasteiger partial charge on any atom is -0.507 e. The smallest absolute Gasteiger partial charge is 0.265 e. The summed E-state index contributed by atoms with van der Waals surface area (Å²) in [6.45, 7) is 3.29. The molecule has 5 rings (SSSR count). The molecule has 0 spiro atoms.